The number of nitrogens with one attached hydrogen (secondary N) is 2. The zero-order valence-electron chi connectivity index (χ0n) is 21.8. The summed E-state index contributed by atoms with van der Waals surface area (Å²) in [5.41, 5.74) is 4.08. The first kappa shape index (κ1) is 25.4. The summed E-state index contributed by atoms with van der Waals surface area (Å²) in [6.45, 7) is 2.80. The van der Waals surface area contributed by atoms with Crippen molar-refractivity contribution in [3.05, 3.63) is 64.8 Å². The minimum absolute atomic E-state index is 0.0729. The normalized spacial score (nSPS) is 17.8. The van der Waals surface area contributed by atoms with Crippen molar-refractivity contribution in [2.24, 2.45) is 0 Å². The lowest BCUT2D eigenvalue weighted by molar-refractivity contribution is 0.220. The number of carbonyl (C=O) groups excluding carboxylic acids is 1. The number of halogens is 1. The molecule has 2 aromatic carbocycles. The second-order valence-corrected chi connectivity index (χ2v) is 10.6. The predicted molar refractivity (Wildman–Crippen MR) is 151 cm³/mol. The van der Waals surface area contributed by atoms with Gasteiger partial charge in [0.15, 0.2) is 0 Å². The summed E-state index contributed by atoms with van der Waals surface area (Å²) in [5.74, 6) is 1.72. The summed E-state index contributed by atoms with van der Waals surface area (Å²) in [4.78, 5) is 19.2. The Kier molecular flexibility index (Phi) is 7.26. The van der Waals surface area contributed by atoms with Crippen molar-refractivity contribution >= 4 is 45.3 Å². The zero-order valence-corrected chi connectivity index (χ0v) is 22.6. The average molecular weight is 520 g/mol. The van der Waals surface area contributed by atoms with Crippen molar-refractivity contribution in [1.29, 1.82) is 0 Å². The number of aromatic nitrogens is 2. The fourth-order valence-corrected chi connectivity index (χ4v) is 5.51. The van der Waals surface area contributed by atoms with E-state index in [4.69, 9.17) is 21.3 Å². The van der Waals surface area contributed by atoms with Gasteiger partial charge in [0.05, 0.1) is 18.1 Å². The molecule has 7 nitrogen and oxygen atoms in total. The molecular weight excluding hydrogens is 486 g/mol. The number of rotatable bonds is 6. The Balaban J connectivity index is 1.29. The number of anilines is 1. The third-order valence-electron chi connectivity index (χ3n) is 7.27. The van der Waals surface area contributed by atoms with Crippen LogP contribution < -0.4 is 15.4 Å². The zero-order chi connectivity index (χ0) is 26.1. The monoisotopic (exact) mass is 519 g/mol. The molecule has 1 aliphatic rings. The standard InChI is InChI=1S/C29H34ClN5O2/c1-18-12-28(33-26-15-23(37-4)9-10-24(18)26)32-22-7-5-6-21(14-22)31-16-19-17-35(29(36)34(2)3)27-11-8-20(30)13-25(19)27/h8-13,15,17,21-22,31H,5-7,14,16H2,1-4H3,(H,32,33)/t21-,22-/m0/s1. The van der Waals surface area contributed by atoms with Crippen LogP contribution >= 0.6 is 11.6 Å². The Morgan fingerprint density at radius 3 is 2.73 bits per heavy atom. The molecule has 5 rings (SSSR count). The molecule has 0 aliphatic heterocycles. The van der Waals surface area contributed by atoms with E-state index >= 15 is 0 Å². The number of methoxy groups -OCH3 is 1. The highest BCUT2D eigenvalue weighted by molar-refractivity contribution is 6.31. The van der Waals surface area contributed by atoms with Gasteiger partial charge < -0.3 is 20.3 Å². The number of pyridine rings is 1. The number of aryl methyl sites for hydroxylation is 1. The summed E-state index contributed by atoms with van der Waals surface area (Å²) in [6.07, 6.45) is 6.32. The lowest BCUT2D eigenvalue weighted by Gasteiger charge is -2.31. The summed E-state index contributed by atoms with van der Waals surface area (Å²) in [6, 6.07) is 14.5. The largest absolute Gasteiger partial charge is 0.497 e. The van der Waals surface area contributed by atoms with E-state index < -0.39 is 0 Å². The number of amides is 1. The maximum Gasteiger partial charge on any atom is 0.328 e. The van der Waals surface area contributed by atoms with E-state index in [1.807, 2.05) is 36.5 Å². The van der Waals surface area contributed by atoms with Crippen LogP contribution in [0, 0.1) is 6.92 Å². The maximum atomic E-state index is 12.7. The van der Waals surface area contributed by atoms with Crippen LogP contribution in [0.25, 0.3) is 21.8 Å². The highest BCUT2D eigenvalue weighted by atomic mass is 35.5. The lowest BCUT2D eigenvalue weighted by atomic mass is 9.90. The van der Waals surface area contributed by atoms with Gasteiger partial charge in [-0.05, 0) is 80.1 Å². The number of hydrogen-bond acceptors (Lipinski definition) is 5. The quantitative estimate of drug-likeness (QED) is 0.317. The summed E-state index contributed by atoms with van der Waals surface area (Å²) in [7, 11) is 5.21. The molecule has 2 aromatic heterocycles. The van der Waals surface area contributed by atoms with Crippen LogP contribution in [0.1, 0.15) is 36.8 Å². The number of carbonyl (C=O) groups is 1. The summed E-state index contributed by atoms with van der Waals surface area (Å²) >= 11 is 6.31. The molecular formula is C29H34ClN5O2. The third kappa shape index (κ3) is 5.38. The highest BCUT2D eigenvalue weighted by Gasteiger charge is 2.23. The smallest absolute Gasteiger partial charge is 0.328 e. The van der Waals surface area contributed by atoms with E-state index in [-0.39, 0.29) is 6.03 Å². The molecule has 0 spiro atoms. The van der Waals surface area contributed by atoms with Gasteiger partial charge in [0.1, 0.15) is 11.6 Å². The molecule has 0 bridgehead atoms. The molecule has 8 heteroatoms. The molecule has 1 amide bonds. The van der Waals surface area contributed by atoms with Crippen LogP contribution in [0.2, 0.25) is 5.02 Å². The van der Waals surface area contributed by atoms with E-state index in [1.165, 1.54) is 5.56 Å². The minimum Gasteiger partial charge on any atom is -0.497 e. The van der Waals surface area contributed by atoms with Crippen molar-refractivity contribution in [1.82, 2.24) is 19.8 Å². The Labute approximate surface area is 222 Å². The number of ether oxygens (including phenoxy) is 1. The molecule has 4 aromatic rings. The Hall–Kier alpha value is -3.29. The van der Waals surface area contributed by atoms with E-state index in [9.17, 15) is 4.79 Å². The molecule has 194 valence electrons. The molecule has 0 saturated heterocycles. The number of hydrogen-bond donors (Lipinski definition) is 2. The van der Waals surface area contributed by atoms with Gasteiger partial charge in [0, 0.05) is 60.8 Å². The number of nitrogens with zero attached hydrogens (tertiary/aromatic N) is 3. The van der Waals surface area contributed by atoms with Crippen LogP contribution in [0.4, 0.5) is 10.6 Å². The number of fused-ring (bicyclic) bond motifs is 2. The van der Waals surface area contributed by atoms with Gasteiger partial charge in [-0.1, -0.05) is 11.6 Å². The van der Waals surface area contributed by atoms with Gasteiger partial charge in [0.2, 0.25) is 0 Å². The van der Waals surface area contributed by atoms with Crippen molar-refractivity contribution in [3.63, 3.8) is 0 Å². The molecule has 37 heavy (non-hydrogen) atoms. The Bertz CT molecular complexity index is 1450. The number of benzene rings is 2. The molecule has 2 heterocycles. The average Bonchev–Trinajstić information content (AvgIpc) is 3.24. The molecule has 1 aliphatic carbocycles. The van der Waals surface area contributed by atoms with Gasteiger partial charge >= 0.3 is 6.03 Å². The van der Waals surface area contributed by atoms with Crippen LogP contribution in [0.3, 0.4) is 0 Å². The van der Waals surface area contributed by atoms with E-state index in [0.29, 0.717) is 23.7 Å². The van der Waals surface area contributed by atoms with Gasteiger partial charge in [-0.3, -0.25) is 4.57 Å². The van der Waals surface area contributed by atoms with Crippen molar-refractivity contribution in [3.8, 4) is 5.75 Å². The van der Waals surface area contributed by atoms with Gasteiger partial charge in [-0.2, -0.15) is 0 Å². The summed E-state index contributed by atoms with van der Waals surface area (Å²) in [5, 5.41) is 10.2. The second-order valence-electron chi connectivity index (χ2n) is 10.2. The Morgan fingerprint density at radius 2 is 1.95 bits per heavy atom. The van der Waals surface area contributed by atoms with Gasteiger partial charge in [-0.15, -0.1) is 0 Å². The molecule has 0 unspecified atom stereocenters. The SMILES string of the molecule is COc1ccc2c(C)cc(N[C@H]3CCC[C@H](NCc4cn(C(=O)N(C)C)c5ccc(Cl)cc45)C3)nc2c1. The first-order valence-electron chi connectivity index (χ1n) is 12.8. The van der Waals surface area contributed by atoms with Crippen LogP contribution in [-0.2, 0) is 6.54 Å². The fraction of sp³-hybridized carbons (Fsp3) is 0.379. The van der Waals surface area contributed by atoms with Crippen molar-refractivity contribution < 1.29 is 9.53 Å². The highest BCUT2D eigenvalue weighted by Crippen LogP contribution is 2.29. The van der Waals surface area contributed by atoms with Crippen LogP contribution in [-0.4, -0.2) is 53.8 Å². The lowest BCUT2D eigenvalue weighted by Crippen LogP contribution is -2.38. The first-order valence-corrected chi connectivity index (χ1v) is 13.2. The third-order valence-corrected chi connectivity index (χ3v) is 7.50. The van der Waals surface area contributed by atoms with Crippen molar-refractivity contribution in [2.75, 3.05) is 26.5 Å². The minimum atomic E-state index is -0.0729. The molecule has 1 saturated carbocycles. The van der Waals surface area contributed by atoms with Gasteiger partial charge in [0.25, 0.3) is 0 Å². The van der Waals surface area contributed by atoms with E-state index in [2.05, 4.69) is 29.7 Å². The van der Waals surface area contributed by atoms with E-state index in [1.54, 1.807) is 30.7 Å². The van der Waals surface area contributed by atoms with Crippen LogP contribution in [0.5, 0.6) is 5.75 Å². The molecule has 0 radical (unpaired) electrons. The maximum absolute atomic E-state index is 12.7. The van der Waals surface area contributed by atoms with Crippen LogP contribution in [0.15, 0.2) is 48.7 Å². The topological polar surface area (TPSA) is 71.4 Å². The Morgan fingerprint density at radius 1 is 1.14 bits per heavy atom. The fourth-order valence-electron chi connectivity index (χ4n) is 5.34. The predicted octanol–water partition coefficient (Wildman–Crippen LogP) is 6.20. The molecule has 2 atom stereocenters. The summed E-state index contributed by atoms with van der Waals surface area (Å²) < 4.78 is 7.10. The van der Waals surface area contributed by atoms with E-state index in [0.717, 1.165) is 64.6 Å². The molecule has 2 N–H and O–H groups in total. The second kappa shape index (κ2) is 10.6. The first-order chi connectivity index (χ1) is 17.8. The van der Waals surface area contributed by atoms with Crippen molar-refractivity contribution in [2.45, 2.75) is 51.2 Å². The van der Waals surface area contributed by atoms with Gasteiger partial charge in [-0.25, -0.2) is 9.78 Å². The molecule has 1 fully saturated rings.